The average molecular weight is 665 g/mol. The number of benzene rings is 9. The molecule has 0 aliphatic rings. The highest BCUT2D eigenvalue weighted by Gasteiger charge is 2.18. The first kappa shape index (κ1) is 29.9. The van der Waals surface area contributed by atoms with E-state index in [1.54, 1.807) is 0 Å². The van der Waals surface area contributed by atoms with Crippen LogP contribution in [0.2, 0.25) is 0 Å². The number of rotatable bonds is 6. The Balaban J connectivity index is 1.08. The van der Waals surface area contributed by atoms with Gasteiger partial charge in [-0.15, -0.1) is 0 Å². The molecular weight excluding hydrogens is 633 g/mol. The van der Waals surface area contributed by atoms with Crippen LogP contribution >= 0.6 is 0 Å². The molecule has 0 radical (unpaired) electrons. The van der Waals surface area contributed by atoms with E-state index in [1.165, 1.54) is 21.9 Å². The summed E-state index contributed by atoms with van der Waals surface area (Å²) < 4.78 is 6.44. The fourth-order valence-electron chi connectivity index (χ4n) is 7.53. The van der Waals surface area contributed by atoms with Gasteiger partial charge in [0, 0.05) is 33.1 Å². The molecule has 3 heteroatoms. The lowest BCUT2D eigenvalue weighted by atomic mass is 9.96. The molecule has 0 atom stereocenters. The normalized spacial score (nSPS) is 11.5. The van der Waals surface area contributed by atoms with Crippen LogP contribution in [0.5, 0.6) is 0 Å². The first-order valence-electron chi connectivity index (χ1n) is 17.6. The van der Waals surface area contributed by atoms with E-state index < -0.39 is 0 Å². The van der Waals surface area contributed by atoms with Crippen molar-refractivity contribution in [3.8, 4) is 33.7 Å². The van der Waals surface area contributed by atoms with Gasteiger partial charge in [-0.1, -0.05) is 146 Å². The largest absolute Gasteiger partial charge is 0.435 e. The van der Waals surface area contributed by atoms with E-state index in [-0.39, 0.29) is 0 Å². The van der Waals surface area contributed by atoms with Crippen molar-refractivity contribution in [2.24, 2.45) is 0 Å². The quantitative estimate of drug-likeness (QED) is 0.166. The summed E-state index contributed by atoms with van der Waals surface area (Å²) >= 11 is 0. The first-order valence-corrected chi connectivity index (χ1v) is 17.6. The monoisotopic (exact) mass is 664 g/mol. The summed E-state index contributed by atoms with van der Waals surface area (Å²) in [5.41, 5.74) is 10.7. The Morgan fingerprint density at radius 2 is 0.904 bits per heavy atom. The summed E-state index contributed by atoms with van der Waals surface area (Å²) in [6.45, 7) is 0. The molecule has 9 aromatic carbocycles. The molecule has 0 amide bonds. The van der Waals surface area contributed by atoms with Crippen molar-refractivity contribution in [1.82, 2.24) is 4.98 Å². The van der Waals surface area contributed by atoms with Gasteiger partial charge in [-0.2, -0.15) is 0 Å². The van der Waals surface area contributed by atoms with Gasteiger partial charge in [0.2, 0.25) is 5.89 Å². The van der Waals surface area contributed by atoms with Crippen molar-refractivity contribution < 1.29 is 4.42 Å². The van der Waals surface area contributed by atoms with Crippen LogP contribution in [0.4, 0.5) is 17.1 Å². The van der Waals surface area contributed by atoms with Crippen molar-refractivity contribution in [2.75, 3.05) is 4.90 Å². The Kier molecular flexibility index (Phi) is 7.14. The van der Waals surface area contributed by atoms with Crippen molar-refractivity contribution in [2.45, 2.75) is 0 Å². The summed E-state index contributed by atoms with van der Waals surface area (Å²) in [6.07, 6.45) is 0. The van der Waals surface area contributed by atoms with Crippen LogP contribution in [0.3, 0.4) is 0 Å². The Morgan fingerprint density at radius 1 is 0.365 bits per heavy atom. The molecule has 0 saturated carbocycles. The summed E-state index contributed by atoms with van der Waals surface area (Å²) in [5, 5.41) is 6.88. The number of hydrogen-bond acceptors (Lipinski definition) is 3. The fourth-order valence-corrected chi connectivity index (χ4v) is 7.53. The van der Waals surface area contributed by atoms with E-state index in [2.05, 4.69) is 169 Å². The van der Waals surface area contributed by atoms with Gasteiger partial charge in [-0.3, -0.25) is 0 Å². The fraction of sp³-hybridized carbons (Fsp3) is 0. The van der Waals surface area contributed by atoms with Crippen molar-refractivity contribution in [1.29, 1.82) is 0 Å². The second kappa shape index (κ2) is 12.4. The zero-order chi connectivity index (χ0) is 34.4. The van der Waals surface area contributed by atoms with Crippen LogP contribution in [0.15, 0.2) is 199 Å². The Bertz CT molecular complexity index is 2870. The zero-order valence-electron chi connectivity index (χ0n) is 28.3. The smallest absolute Gasteiger partial charge is 0.227 e. The van der Waals surface area contributed by atoms with E-state index in [1.807, 2.05) is 30.3 Å². The number of hydrogen-bond donors (Lipinski definition) is 0. The highest BCUT2D eigenvalue weighted by Crippen LogP contribution is 2.42. The second-order valence-corrected chi connectivity index (χ2v) is 13.2. The molecule has 244 valence electrons. The number of anilines is 3. The van der Waals surface area contributed by atoms with Crippen LogP contribution < -0.4 is 4.90 Å². The maximum atomic E-state index is 6.44. The summed E-state index contributed by atoms with van der Waals surface area (Å²) in [4.78, 5) is 7.39. The van der Waals surface area contributed by atoms with Crippen LogP contribution in [0.25, 0.3) is 77.1 Å². The number of fused-ring (bicyclic) bond motifs is 7. The lowest BCUT2D eigenvalue weighted by Crippen LogP contribution is -2.10. The zero-order valence-corrected chi connectivity index (χ0v) is 28.3. The molecule has 3 nitrogen and oxygen atoms in total. The second-order valence-electron chi connectivity index (χ2n) is 13.2. The Morgan fingerprint density at radius 3 is 1.62 bits per heavy atom. The highest BCUT2D eigenvalue weighted by atomic mass is 16.3. The highest BCUT2D eigenvalue weighted by molar-refractivity contribution is 6.23. The molecule has 0 N–H and O–H groups in total. The molecule has 1 heterocycles. The lowest BCUT2D eigenvalue weighted by Gasteiger charge is -2.27. The molecule has 0 spiro atoms. The third-order valence-corrected chi connectivity index (χ3v) is 10.1. The van der Waals surface area contributed by atoms with Gasteiger partial charge in [0.15, 0.2) is 5.58 Å². The van der Waals surface area contributed by atoms with E-state index >= 15 is 0 Å². The minimum atomic E-state index is 0.637. The molecule has 0 saturated heterocycles. The SMILES string of the molecule is c1ccc(-c2ccc(N(c3ccc(-c4ccc5c(c4)c4ccccc4c4oc(-c6ccccc6)nc54)cc3)c3cccc4ccccc34)cc2)cc1. The third-order valence-electron chi connectivity index (χ3n) is 10.1. The molecule has 0 aliphatic carbocycles. The molecular formula is C49H32N2O. The molecule has 0 aliphatic heterocycles. The number of oxazole rings is 1. The van der Waals surface area contributed by atoms with Gasteiger partial charge in [0.25, 0.3) is 0 Å². The van der Waals surface area contributed by atoms with Crippen molar-refractivity contribution in [3.05, 3.63) is 194 Å². The maximum absolute atomic E-state index is 6.44. The van der Waals surface area contributed by atoms with Gasteiger partial charge in [0.1, 0.15) is 5.52 Å². The molecule has 0 fully saturated rings. The predicted octanol–water partition coefficient (Wildman–Crippen LogP) is 13.8. The van der Waals surface area contributed by atoms with Crippen LogP contribution in [-0.4, -0.2) is 4.98 Å². The van der Waals surface area contributed by atoms with Gasteiger partial charge < -0.3 is 9.32 Å². The van der Waals surface area contributed by atoms with Gasteiger partial charge in [-0.25, -0.2) is 4.98 Å². The van der Waals surface area contributed by atoms with E-state index in [0.717, 1.165) is 66.4 Å². The van der Waals surface area contributed by atoms with Crippen molar-refractivity contribution in [3.63, 3.8) is 0 Å². The summed E-state index contributed by atoms with van der Waals surface area (Å²) in [5.74, 6) is 0.637. The third kappa shape index (κ3) is 5.10. The van der Waals surface area contributed by atoms with Gasteiger partial charge in [-0.05, 0) is 86.9 Å². The average Bonchev–Trinajstić information content (AvgIpc) is 3.69. The molecule has 10 rings (SSSR count). The molecule has 0 unspecified atom stereocenters. The number of nitrogens with zero attached hydrogens (tertiary/aromatic N) is 2. The summed E-state index contributed by atoms with van der Waals surface area (Å²) in [6, 6.07) is 68.8. The molecule has 1 aromatic heterocycles. The molecule has 0 bridgehead atoms. The van der Waals surface area contributed by atoms with E-state index in [9.17, 15) is 0 Å². The predicted molar refractivity (Wildman–Crippen MR) is 218 cm³/mol. The van der Waals surface area contributed by atoms with Gasteiger partial charge >= 0.3 is 0 Å². The lowest BCUT2D eigenvalue weighted by molar-refractivity contribution is 0.623. The molecule has 10 aromatic rings. The van der Waals surface area contributed by atoms with Crippen LogP contribution in [-0.2, 0) is 0 Å². The maximum Gasteiger partial charge on any atom is 0.227 e. The minimum absolute atomic E-state index is 0.637. The van der Waals surface area contributed by atoms with Crippen molar-refractivity contribution >= 4 is 60.5 Å². The standard InChI is InChI=1S/C49H32N2O/c1-3-12-33(13-4-1)34-22-27-39(28-23-34)51(46-21-11-17-36-14-7-8-18-41(36)46)40-29-24-35(25-30-40)38-26-31-43-45(32-38)42-19-9-10-20-44(42)48-47(43)50-49(52-48)37-15-5-2-6-16-37/h1-32H. The summed E-state index contributed by atoms with van der Waals surface area (Å²) in [7, 11) is 0. The van der Waals surface area contributed by atoms with Crippen LogP contribution in [0, 0.1) is 0 Å². The first-order chi connectivity index (χ1) is 25.8. The van der Waals surface area contributed by atoms with E-state index in [4.69, 9.17) is 9.40 Å². The Labute approximate surface area is 301 Å². The van der Waals surface area contributed by atoms with E-state index in [0.29, 0.717) is 5.89 Å². The molecule has 52 heavy (non-hydrogen) atoms. The van der Waals surface area contributed by atoms with Crippen LogP contribution in [0.1, 0.15) is 0 Å². The Hall–Kier alpha value is -6.97. The van der Waals surface area contributed by atoms with Gasteiger partial charge in [0.05, 0.1) is 5.69 Å². The number of aromatic nitrogens is 1. The topological polar surface area (TPSA) is 29.3 Å². The minimum Gasteiger partial charge on any atom is -0.435 e.